The van der Waals surface area contributed by atoms with E-state index in [1.54, 1.807) is 11.7 Å². The van der Waals surface area contributed by atoms with Crippen LogP contribution in [0.3, 0.4) is 0 Å². The Morgan fingerprint density at radius 1 is 1.56 bits per heavy atom. The van der Waals surface area contributed by atoms with E-state index in [2.05, 4.69) is 32.3 Å². The van der Waals surface area contributed by atoms with Gasteiger partial charge in [-0.25, -0.2) is 4.68 Å². The molecule has 0 aliphatic heterocycles. The van der Waals surface area contributed by atoms with Crippen molar-refractivity contribution in [2.45, 2.75) is 38.2 Å². The van der Waals surface area contributed by atoms with Crippen LogP contribution >= 0.6 is 15.9 Å². The van der Waals surface area contributed by atoms with Crippen molar-refractivity contribution in [2.24, 2.45) is 7.05 Å². The summed E-state index contributed by atoms with van der Waals surface area (Å²) in [4.78, 5) is 0. The summed E-state index contributed by atoms with van der Waals surface area (Å²) in [5.74, 6) is 0. The molecule has 0 amide bonds. The highest BCUT2D eigenvalue weighted by Gasteiger charge is 2.19. The van der Waals surface area contributed by atoms with Gasteiger partial charge in [-0.05, 0) is 41.6 Å². The molecule has 0 fully saturated rings. The normalized spacial score (nSPS) is 18.3. The third-order valence-corrected chi connectivity index (χ3v) is 3.55. The lowest BCUT2D eigenvalue weighted by Gasteiger charge is -2.16. The van der Waals surface area contributed by atoms with Crippen molar-refractivity contribution in [1.82, 2.24) is 15.0 Å². The van der Waals surface area contributed by atoms with Crippen molar-refractivity contribution < 1.29 is 5.11 Å². The van der Waals surface area contributed by atoms with Gasteiger partial charge in [0.1, 0.15) is 11.8 Å². The van der Waals surface area contributed by atoms with Gasteiger partial charge in [0.05, 0.1) is 0 Å². The summed E-state index contributed by atoms with van der Waals surface area (Å²) >= 11 is 3.31. The smallest absolute Gasteiger partial charge is 0.154 e. The van der Waals surface area contributed by atoms with E-state index in [1.165, 1.54) is 18.4 Å². The van der Waals surface area contributed by atoms with E-state index in [-0.39, 0.29) is 0 Å². The van der Waals surface area contributed by atoms with Gasteiger partial charge in [0.15, 0.2) is 4.60 Å². The maximum atomic E-state index is 10.2. The fourth-order valence-electron chi connectivity index (χ4n) is 2.13. The molecule has 2 rings (SSSR count). The van der Waals surface area contributed by atoms with Crippen molar-refractivity contribution in [3.05, 3.63) is 21.9 Å². The molecule has 1 heterocycles. The molecule has 0 saturated heterocycles. The quantitative estimate of drug-likeness (QED) is 0.869. The first-order chi connectivity index (χ1) is 7.68. The van der Waals surface area contributed by atoms with E-state index in [0.717, 1.165) is 18.5 Å². The molecule has 4 nitrogen and oxygen atoms in total. The molecule has 1 N–H and O–H groups in total. The van der Waals surface area contributed by atoms with Gasteiger partial charge in [0.2, 0.25) is 0 Å². The van der Waals surface area contributed by atoms with Crippen LogP contribution in [0.5, 0.6) is 0 Å². The number of hydrogen-bond donors (Lipinski definition) is 1. The molecule has 0 aromatic carbocycles. The van der Waals surface area contributed by atoms with Crippen molar-refractivity contribution in [1.29, 1.82) is 0 Å². The number of nitrogens with zero attached hydrogens (tertiary/aromatic N) is 3. The Hall–Kier alpha value is -0.680. The largest absolute Gasteiger partial charge is 0.386 e. The summed E-state index contributed by atoms with van der Waals surface area (Å²) < 4.78 is 2.26. The van der Waals surface area contributed by atoms with Gasteiger partial charge >= 0.3 is 0 Å². The molecule has 88 valence electrons. The first-order valence-electron chi connectivity index (χ1n) is 5.59. The Bertz CT molecular complexity index is 380. The standard InChI is InChI=1S/C11H16BrN3O/c1-15-10(11(12)13-14-15)9(16)7-8-5-3-2-4-6-8/h5,9,16H,2-4,6-7H2,1H3. The van der Waals surface area contributed by atoms with Crippen molar-refractivity contribution >= 4 is 15.9 Å². The zero-order chi connectivity index (χ0) is 11.5. The van der Waals surface area contributed by atoms with Crippen LogP contribution in [0.4, 0.5) is 0 Å². The summed E-state index contributed by atoms with van der Waals surface area (Å²) in [6, 6.07) is 0. The molecule has 1 aromatic heterocycles. The van der Waals surface area contributed by atoms with Gasteiger partial charge in [-0.3, -0.25) is 0 Å². The SMILES string of the molecule is Cn1nnc(Br)c1C(O)CC1=CCCCC1. The van der Waals surface area contributed by atoms with Gasteiger partial charge in [-0.1, -0.05) is 16.9 Å². The zero-order valence-corrected chi connectivity index (χ0v) is 10.9. The molecule has 1 unspecified atom stereocenters. The predicted octanol–water partition coefficient (Wildman–Crippen LogP) is 2.50. The van der Waals surface area contributed by atoms with Gasteiger partial charge in [-0.15, -0.1) is 5.10 Å². The van der Waals surface area contributed by atoms with Crippen LogP contribution in [0, 0.1) is 0 Å². The second kappa shape index (κ2) is 5.10. The summed E-state index contributed by atoms with van der Waals surface area (Å²) in [7, 11) is 1.80. The van der Waals surface area contributed by atoms with Crippen LogP contribution in [0.15, 0.2) is 16.3 Å². The number of rotatable bonds is 3. The second-order valence-corrected chi connectivity index (χ2v) is 4.97. The van der Waals surface area contributed by atoms with Crippen LogP contribution in [0.2, 0.25) is 0 Å². The van der Waals surface area contributed by atoms with Crippen LogP contribution in [0.25, 0.3) is 0 Å². The maximum Gasteiger partial charge on any atom is 0.154 e. The number of aliphatic hydroxyl groups excluding tert-OH is 1. The first kappa shape index (κ1) is 11.8. The van der Waals surface area contributed by atoms with Gasteiger partial charge in [0, 0.05) is 13.5 Å². The molecule has 1 atom stereocenters. The molecule has 1 aromatic rings. The molecular formula is C11H16BrN3O. The Morgan fingerprint density at radius 3 is 2.94 bits per heavy atom. The lowest BCUT2D eigenvalue weighted by Crippen LogP contribution is -2.08. The predicted molar refractivity (Wildman–Crippen MR) is 64.8 cm³/mol. The Kier molecular flexibility index (Phi) is 3.76. The van der Waals surface area contributed by atoms with E-state index < -0.39 is 6.10 Å². The summed E-state index contributed by atoms with van der Waals surface area (Å²) in [5.41, 5.74) is 2.11. The first-order valence-corrected chi connectivity index (χ1v) is 6.39. The minimum atomic E-state index is -0.515. The minimum Gasteiger partial charge on any atom is -0.386 e. The van der Waals surface area contributed by atoms with Crippen molar-refractivity contribution in [2.75, 3.05) is 0 Å². The molecule has 0 saturated carbocycles. The fraction of sp³-hybridized carbons (Fsp3) is 0.636. The van der Waals surface area contributed by atoms with Crippen molar-refractivity contribution in [3.8, 4) is 0 Å². The van der Waals surface area contributed by atoms with E-state index >= 15 is 0 Å². The van der Waals surface area contributed by atoms with Gasteiger partial charge in [-0.2, -0.15) is 0 Å². The molecule has 5 heteroatoms. The molecule has 1 aliphatic carbocycles. The van der Waals surface area contributed by atoms with E-state index in [1.807, 2.05) is 0 Å². The Morgan fingerprint density at radius 2 is 2.38 bits per heavy atom. The van der Waals surface area contributed by atoms with Crippen LogP contribution in [-0.2, 0) is 7.05 Å². The van der Waals surface area contributed by atoms with Crippen LogP contribution < -0.4 is 0 Å². The van der Waals surface area contributed by atoms with Crippen molar-refractivity contribution in [3.63, 3.8) is 0 Å². The van der Waals surface area contributed by atoms with E-state index in [9.17, 15) is 5.11 Å². The third-order valence-electron chi connectivity index (χ3n) is 2.98. The topological polar surface area (TPSA) is 50.9 Å². The summed E-state index contributed by atoms with van der Waals surface area (Å²) in [5, 5.41) is 17.9. The van der Waals surface area contributed by atoms with Crippen LogP contribution in [0.1, 0.15) is 43.9 Å². The number of allylic oxidation sites excluding steroid dienone is 1. The minimum absolute atomic E-state index is 0.515. The molecule has 0 spiro atoms. The molecule has 0 radical (unpaired) electrons. The van der Waals surface area contributed by atoms with E-state index in [4.69, 9.17) is 0 Å². The summed E-state index contributed by atoms with van der Waals surface area (Å²) in [6.07, 6.45) is 7.20. The monoisotopic (exact) mass is 285 g/mol. The number of aromatic nitrogens is 3. The number of halogens is 1. The highest BCUT2D eigenvalue weighted by Crippen LogP contribution is 2.29. The second-order valence-electron chi connectivity index (χ2n) is 4.22. The zero-order valence-electron chi connectivity index (χ0n) is 9.36. The van der Waals surface area contributed by atoms with Crippen LogP contribution in [-0.4, -0.2) is 20.1 Å². The Balaban J connectivity index is 2.08. The highest BCUT2D eigenvalue weighted by atomic mass is 79.9. The average molecular weight is 286 g/mol. The summed E-state index contributed by atoms with van der Waals surface area (Å²) in [6.45, 7) is 0. The molecule has 0 bridgehead atoms. The molecule has 16 heavy (non-hydrogen) atoms. The Labute approximate surface area is 103 Å². The lowest BCUT2D eigenvalue weighted by molar-refractivity contribution is 0.166. The number of aliphatic hydroxyl groups is 1. The molecule has 1 aliphatic rings. The number of hydrogen-bond acceptors (Lipinski definition) is 3. The molecular weight excluding hydrogens is 270 g/mol. The fourth-order valence-corrected chi connectivity index (χ4v) is 2.72. The third kappa shape index (κ3) is 2.52. The van der Waals surface area contributed by atoms with Gasteiger partial charge < -0.3 is 5.11 Å². The maximum absolute atomic E-state index is 10.2. The van der Waals surface area contributed by atoms with Gasteiger partial charge in [0.25, 0.3) is 0 Å². The number of aryl methyl sites for hydroxylation is 1. The lowest BCUT2D eigenvalue weighted by atomic mass is 9.94. The average Bonchev–Trinajstić information content (AvgIpc) is 2.60. The highest BCUT2D eigenvalue weighted by molar-refractivity contribution is 9.10. The van der Waals surface area contributed by atoms with E-state index in [0.29, 0.717) is 11.0 Å².